The lowest BCUT2D eigenvalue weighted by Crippen LogP contribution is -2.45. The number of hydrogen-bond donors (Lipinski definition) is 2. The van der Waals surface area contributed by atoms with Crippen LogP contribution in [0.4, 0.5) is 17.3 Å². The van der Waals surface area contributed by atoms with Gasteiger partial charge in [0.1, 0.15) is 10.7 Å². The summed E-state index contributed by atoms with van der Waals surface area (Å²) in [6.07, 6.45) is 0. The number of hydrogen-bond acceptors (Lipinski definition) is 9. The van der Waals surface area contributed by atoms with E-state index < -0.39 is 21.8 Å². The number of nitro groups is 2. The summed E-state index contributed by atoms with van der Waals surface area (Å²) >= 11 is 0. The van der Waals surface area contributed by atoms with E-state index in [0.717, 1.165) is 31.9 Å². The first-order valence-corrected chi connectivity index (χ1v) is 8.58. The van der Waals surface area contributed by atoms with Crippen molar-refractivity contribution < 1.29 is 34.1 Å². The highest BCUT2D eigenvalue weighted by Crippen LogP contribution is 2.22. The van der Waals surface area contributed by atoms with Crippen LogP contribution in [0.15, 0.2) is 40.8 Å². The Morgan fingerprint density at radius 3 is 1.90 bits per heavy atom. The van der Waals surface area contributed by atoms with Crippen molar-refractivity contribution in [1.82, 2.24) is 4.90 Å². The highest BCUT2D eigenvalue weighted by molar-refractivity contribution is 6.27. The molecule has 0 aliphatic carbocycles. The summed E-state index contributed by atoms with van der Waals surface area (Å²) in [5.74, 6) is -3.31. The van der Waals surface area contributed by atoms with Crippen LogP contribution in [-0.4, -0.2) is 63.1 Å². The van der Waals surface area contributed by atoms with Gasteiger partial charge in [-0.1, -0.05) is 0 Å². The summed E-state index contributed by atoms with van der Waals surface area (Å²) in [5, 5.41) is 36.1. The lowest BCUT2D eigenvalue weighted by molar-refractivity contribution is -0.402. The van der Waals surface area contributed by atoms with Gasteiger partial charge in [0.05, 0.1) is 17.5 Å². The van der Waals surface area contributed by atoms with E-state index in [1.807, 2.05) is 0 Å². The SMILES string of the molecule is O=C(O)C(=O)O.O=[N+]([O-])c1ccc(N2CCN(Cc3ccc([N+](=O)[O-])o3)CC2)cc1. The number of carboxylic acid groups (broad SMARTS) is 2. The van der Waals surface area contributed by atoms with Crippen LogP contribution in [0.5, 0.6) is 0 Å². The smallest absolute Gasteiger partial charge is 0.433 e. The maximum absolute atomic E-state index is 10.7. The highest BCUT2D eigenvalue weighted by Gasteiger charge is 2.20. The average Bonchev–Trinajstić information content (AvgIpc) is 3.18. The van der Waals surface area contributed by atoms with Gasteiger partial charge in [-0.25, -0.2) is 9.59 Å². The maximum Gasteiger partial charge on any atom is 0.433 e. The molecule has 1 fully saturated rings. The van der Waals surface area contributed by atoms with Gasteiger partial charge in [0.15, 0.2) is 0 Å². The molecule has 2 heterocycles. The van der Waals surface area contributed by atoms with Gasteiger partial charge in [-0.05, 0) is 18.2 Å². The van der Waals surface area contributed by atoms with E-state index in [1.54, 1.807) is 18.2 Å². The van der Waals surface area contributed by atoms with Crippen LogP contribution in [0.25, 0.3) is 0 Å². The number of carboxylic acids is 2. The van der Waals surface area contributed by atoms with E-state index >= 15 is 0 Å². The zero-order chi connectivity index (χ0) is 22.3. The summed E-state index contributed by atoms with van der Waals surface area (Å²) < 4.78 is 5.18. The van der Waals surface area contributed by atoms with Crippen LogP contribution in [0.3, 0.4) is 0 Å². The van der Waals surface area contributed by atoms with Gasteiger partial charge in [0.25, 0.3) is 5.69 Å². The molecule has 1 aromatic heterocycles. The van der Waals surface area contributed by atoms with Crippen LogP contribution < -0.4 is 4.90 Å². The summed E-state index contributed by atoms with van der Waals surface area (Å²) in [5.41, 5.74) is 1.03. The second kappa shape index (κ2) is 9.97. The van der Waals surface area contributed by atoms with Crippen molar-refractivity contribution in [3.8, 4) is 0 Å². The van der Waals surface area contributed by atoms with Gasteiger partial charge in [0.2, 0.25) is 0 Å². The van der Waals surface area contributed by atoms with E-state index in [0.29, 0.717) is 12.3 Å². The number of benzene rings is 1. The molecule has 0 amide bonds. The molecule has 0 spiro atoms. The molecule has 3 rings (SSSR count). The molecule has 0 atom stereocenters. The van der Waals surface area contributed by atoms with E-state index in [1.165, 1.54) is 18.2 Å². The molecule has 0 bridgehead atoms. The van der Waals surface area contributed by atoms with Crippen LogP contribution in [0, 0.1) is 20.2 Å². The number of rotatable bonds is 5. The first-order chi connectivity index (χ1) is 14.2. The number of nitro benzene ring substituents is 1. The van der Waals surface area contributed by atoms with Crippen molar-refractivity contribution in [3.63, 3.8) is 0 Å². The molecule has 30 heavy (non-hydrogen) atoms. The first-order valence-electron chi connectivity index (χ1n) is 8.58. The fourth-order valence-corrected chi connectivity index (χ4v) is 2.72. The summed E-state index contributed by atoms with van der Waals surface area (Å²) in [7, 11) is 0. The molecule has 1 aromatic carbocycles. The van der Waals surface area contributed by atoms with E-state index in [4.69, 9.17) is 24.2 Å². The Labute approximate surface area is 169 Å². The molecule has 1 aliphatic rings. The normalized spacial score (nSPS) is 13.8. The predicted molar refractivity (Wildman–Crippen MR) is 101 cm³/mol. The Hall–Kier alpha value is -4.00. The minimum Gasteiger partial charge on any atom is -0.473 e. The number of nitrogens with zero attached hydrogens (tertiary/aromatic N) is 4. The Morgan fingerprint density at radius 2 is 1.47 bits per heavy atom. The molecule has 160 valence electrons. The Morgan fingerprint density at radius 1 is 0.900 bits per heavy atom. The minimum absolute atomic E-state index is 0.0804. The summed E-state index contributed by atoms with van der Waals surface area (Å²) in [6.45, 7) is 3.65. The fraction of sp³-hybridized carbons (Fsp3) is 0.294. The maximum atomic E-state index is 10.7. The van der Waals surface area contributed by atoms with Gasteiger partial charge in [-0.2, -0.15) is 0 Å². The number of piperazine rings is 1. The van der Waals surface area contributed by atoms with Crippen molar-refractivity contribution in [2.24, 2.45) is 0 Å². The van der Waals surface area contributed by atoms with Gasteiger partial charge in [0, 0.05) is 44.0 Å². The number of carbonyl (C=O) groups is 2. The monoisotopic (exact) mass is 422 g/mol. The zero-order valence-corrected chi connectivity index (χ0v) is 15.5. The number of anilines is 1. The molecule has 0 unspecified atom stereocenters. The topological polar surface area (TPSA) is 180 Å². The average molecular weight is 422 g/mol. The van der Waals surface area contributed by atoms with Gasteiger partial charge in [-0.15, -0.1) is 0 Å². The van der Waals surface area contributed by atoms with Crippen LogP contribution in [-0.2, 0) is 16.1 Å². The number of furan rings is 1. The first kappa shape index (κ1) is 22.3. The van der Waals surface area contributed by atoms with Crippen LogP contribution >= 0.6 is 0 Å². The van der Waals surface area contributed by atoms with E-state index in [9.17, 15) is 20.2 Å². The molecule has 0 radical (unpaired) electrons. The third-order valence-electron chi connectivity index (χ3n) is 4.19. The van der Waals surface area contributed by atoms with Crippen molar-refractivity contribution in [2.75, 3.05) is 31.1 Å². The van der Waals surface area contributed by atoms with E-state index in [2.05, 4.69) is 9.80 Å². The van der Waals surface area contributed by atoms with Gasteiger partial charge < -0.3 is 19.5 Å². The van der Waals surface area contributed by atoms with Crippen molar-refractivity contribution in [1.29, 1.82) is 0 Å². The molecule has 13 heteroatoms. The second-order valence-electron chi connectivity index (χ2n) is 6.14. The molecule has 1 saturated heterocycles. The predicted octanol–water partition coefficient (Wildman–Crippen LogP) is 1.57. The van der Waals surface area contributed by atoms with E-state index in [-0.39, 0.29) is 11.6 Å². The minimum atomic E-state index is -1.82. The highest BCUT2D eigenvalue weighted by atomic mass is 16.6. The third-order valence-corrected chi connectivity index (χ3v) is 4.19. The standard InChI is InChI=1S/C15H16N4O5.C2H2O4/c20-18(21)13-3-1-12(2-4-13)17-9-7-16(8-10-17)11-14-5-6-15(24-14)19(22)23;3-1(4)2(5)6/h1-6H,7-11H2;(H,3,4)(H,5,6). The van der Waals surface area contributed by atoms with Crippen molar-refractivity contribution in [3.05, 3.63) is 62.4 Å². The molecular formula is C17H18N4O9. The summed E-state index contributed by atoms with van der Waals surface area (Å²) in [4.78, 5) is 42.9. The molecule has 0 saturated carbocycles. The lowest BCUT2D eigenvalue weighted by atomic mass is 10.2. The lowest BCUT2D eigenvalue weighted by Gasteiger charge is -2.35. The molecule has 2 N–H and O–H groups in total. The molecule has 13 nitrogen and oxygen atoms in total. The molecular weight excluding hydrogens is 404 g/mol. The second-order valence-corrected chi connectivity index (χ2v) is 6.14. The molecule has 2 aromatic rings. The van der Waals surface area contributed by atoms with Crippen LogP contribution in [0.2, 0.25) is 0 Å². The summed E-state index contributed by atoms with van der Waals surface area (Å²) in [6, 6.07) is 9.50. The molecule has 1 aliphatic heterocycles. The van der Waals surface area contributed by atoms with Crippen LogP contribution in [0.1, 0.15) is 5.76 Å². The van der Waals surface area contributed by atoms with Crippen molar-refractivity contribution in [2.45, 2.75) is 6.54 Å². The third kappa shape index (κ3) is 6.27. The van der Waals surface area contributed by atoms with Gasteiger partial charge in [-0.3, -0.25) is 25.1 Å². The Bertz CT molecular complexity index is 906. The number of aliphatic carboxylic acids is 2. The Kier molecular flexibility index (Phi) is 7.41. The Balaban J connectivity index is 0.000000469. The largest absolute Gasteiger partial charge is 0.473 e. The van der Waals surface area contributed by atoms with Crippen molar-refractivity contribution >= 4 is 29.2 Å². The number of non-ortho nitro benzene ring substituents is 1. The fourth-order valence-electron chi connectivity index (χ4n) is 2.72. The zero-order valence-electron chi connectivity index (χ0n) is 15.5. The quantitative estimate of drug-likeness (QED) is 0.405. The van der Waals surface area contributed by atoms with Gasteiger partial charge >= 0.3 is 17.8 Å².